The van der Waals surface area contributed by atoms with Crippen LogP contribution in [0.25, 0.3) is 0 Å². The van der Waals surface area contributed by atoms with E-state index in [2.05, 4.69) is 5.10 Å². The van der Waals surface area contributed by atoms with E-state index in [4.69, 9.17) is 4.74 Å². The number of carbonyl (C=O) groups excluding carboxylic acids is 2. The Balaban J connectivity index is 2.26. The summed E-state index contributed by atoms with van der Waals surface area (Å²) in [4.78, 5) is 24.6. The average molecular weight is 350 g/mol. The number of nitrogens with zero attached hydrogens (tertiary/aromatic N) is 2. The van der Waals surface area contributed by atoms with Crippen molar-refractivity contribution in [3.8, 4) is 0 Å². The lowest BCUT2D eigenvalue weighted by Crippen LogP contribution is -2.33. The summed E-state index contributed by atoms with van der Waals surface area (Å²) < 4.78 is 5.30. The van der Waals surface area contributed by atoms with E-state index in [9.17, 15) is 14.7 Å². The zero-order valence-corrected chi connectivity index (χ0v) is 15.8. The van der Waals surface area contributed by atoms with Crippen LogP contribution in [0.5, 0.6) is 0 Å². The van der Waals surface area contributed by atoms with E-state index in [1.54, 1.807) is 20.8 Å². The van der Waals surface area contributed by atoms with Gasteiger partial charge in [-0.1, -0.05) is 19.3 Å². The summed E-state index contributed by atoms with van der Waals surface area (Å²) in [6.45, 7) is 5.36. The molecule has 2 aliphatic rings. The molecule has 1 amide bonds. The first kappa shape index (κ1) is 19.5. The first-order valence-corrected chi connectivity index (χ1v) is 9.20. The summed E-state index contributed by atoms with van der Waals surface area (Å²) in [7, 11) is 1.51. The normalized spacial score (nSPS) is 23.5. The van der Waals surface area contributed by atoms with Gasteiger partial charge < -0.3 is 9.84 Å². The second-order valence-electron chi connectivity index (χ2n) is 7.92. The second-order valence-corrected chi connectivity index (χ2v) is 7.92. The van der Waals surface area contributed by atoms with E-state index in [0.29, 0.717) is 30.5 Å². The molecule has 140 valence electrons. The van der Waals surface area contributed by atoms with E-state index in [1.165, 1.54) is 13.5 Å². The van der Waals surface area contributed by atoms with Crippen LogP contribution < -0.4 is 0 Å². The standard InChI is InChI=1S/C19H30N2O4/c1-19(2,3)25-18(24)21(4)20-14-11-8-12-15(22)16(14)17(23)13-9-6-5-7-10-13/h13,23H,5-12H2,1-4H3. The molecule has 1 N–H and O–H groups in total. The number of allylic oxidation sites excluding steroid dienone is 2. The molecule has 6 heteroatoms. The monoisotopic (exact) mass is 350 g/mol. The van der Waals surface area contributed by atoms with Crippen LogP contribution in [-0.4, -0.2) is 40.4 Å². The molecular weight excluding hydrogens is 320 g/mol. The topological polar surface area (TPSA) is 79.2 Å². The average Bonchev–Trinajstić information content (AvgIpc) is 2.53. The molecule has 0 aliphatic heterocycles. The first-order chi connectivity index (χ1) is 11.7. The predicted molar refractivity (Wildman–Crippen MR) is 96.5 cm³/mol. The minimum atomic E-state index is -0.614. The number of carbonyl (C=O) groups is 2. The van der Waals surface area contributed by atoms with Gasteiger partial charge in [-0.15, -0.1) is 0 Å². The molecule has 0 heterocycles. The van der Waals surface area contributed by atoms with Gasteiger partial charge in [0, 0.05) is 19.4 Å². The minimum absolute atomic E-state index is 0.0304. The molecule has 0 saturated heterocycles. The van der Waals surface area contributed by atoms with Crippen LogP contribution in [0.4, 0.5) is 4.79 Å². The van der Waals surface area contributed by atoms with E-state index in [-0.39, 0.29) is 17.5 Å². The zero-order chi connectivity index (χ0) is 18.6. The van der Waals surface area contributed by atoms with Crippen LogP contribution in [0.15, 0.2) is 16.4 Å². The number of hydrogen-bond donors (Lipinski definition) is 1. The summed E-state index contributed by atoms with van der Waals surface area (Å²) in [5.74, 6) is 0.120. The van der Waals surface area contributed by atoms with Gasteiger partial charge in [0.15, 0.2) is 5.78 Å². The van der Waals surface area contributed by atoms with E-state index < -0.39 is 11.7 Å². The number of hydrogen-bond acceptors (Lipinski definition) is 5. The van der Waals surface area contributed by atoms with E-state index >= 15 is 0 Å². The van der Waals surface area contributed by atoms with Gasteiger partial charge in [0.05, 0.1) is 11.3 Å². The number of rotatable bonds is 2. The van der Waals surface area contributed by atoms with E-state index in [1.807, 2.05) is 0 Å². The van der Waals surface area contributed by atoms with Crippen molar-refractivity contribution >= 4 is 17.6 Å². The fourth-order valence-corrected chi connectivity index (χ4v) is 3.35. The maximum atomic E-state index is 12.4. The Morgan fingerprint density at radius 3 is 2.40 bits per heavy atom. The molecule has 0 spiro atoms. The second kappa shape index (κ2) is 8.02. The van der Waals surface area contributed by atoms with Gasteiger partial charge in [-0.3, -0.25) is 4.79 Å². The number of aliphatic hydroxyl groups is 1. The van der Waals surface area contributed by atoms with Crippen LogP contribution in [-0.2, 0) is 9.53 Å². The van der Waals surface area contributed by atoms with Gasteiger partial charge in [-0.2, -0.15) is 5.10 Å². The van der Waals surface area contributed by atoms with Crippen molar-refractivity contribution in [2.75, 3.05) is 7.05 Å². The van der Waals surface area contributed by atoms with Gasteiger partial charge in [-0.25, -0.2) is 9.80 Å². The predicted octanol–water partition coefficient (Wildman–Crippen LogP) is 4.35. The molecule has 25 heavy (non-hydrogen) atoms. The van der Waals surface area contributed by atoms with Crippen LogP contribution in [0.2, 0.25) is 0 Å². The summed E-state index contributed by atoms with van der Waals surface area (Å²) in [5, 5.41) is 16.1. The number of aliphatic hydroxyl groups excluding tert-OH is 1. The van der Waals surface area contributed by atoms with Crippen LogP contribution >= 0.6 is 0 Å². The highest BCUT2D eigenvalue weighted by molar-refractivity contribution is 6.24. The lowest BCUT2D eigenvalue weighted by atomic mass is 9.82. The van der Waals surface area contributed by atoms with Crippen molar-refractivity contribution < 1.29 is 19.4 Å². The molecule has 0 aromatic heterocycles. The van der Waals surface area contributed by atoms with Crippen molar-refractivity contribution in [3.05, 3.63) is 11.3 Å². The summed E-state index contributed by atoms with van der Waals surface area (Å²) in [6.07, 6.45) is 6.22. The SMILES string of the molecule is CN(N=C1CCCC(=O)C1=C(O)C1CCCCC1)C(=O)OC(C)(C)C. The number of ketones is 1. The minimum Gasteiger partial charge on any atom is -0.511 e. The molecule has 0 atom stereocenters. The number of Topliss-reactive ketones (excluding diaryl/α,β-unsaturated/α-hetero) is 1. The lowest BCUT2D eigenvalue weighted by Gasteiger charge is -2.26. The van der Waals surface area contributed by atoms with Crippen molar-refractivity contribution in [2.45, 2.75) is 77.7 Å². The smallest absolute Gasteiger partial charge is 0.430 e. The lowest BCUT2D eigenvalue weighted by molar-refractivity contribution is -0.115. The Labute approximate surface area is 149 Å². The molecule has 0 unspecified atom stereocenters. The third-order valence-electron chi connectivity index (χ3n) is 4.56. The Morgan fingerprint density at radius 2 is 1.80 bits per heavy atom. The third-order valence-corrected chi connectivity index (χ3v) is 4.56. The Bertz CT molecular complexity index is 581. The maximum absolute atomic E-state index is 12.4. The molecule has 0 aromatic rings. The van der Waals surface area contributed by atoms with Gasteiger partial charge in [-0.05, 0) is 46.5 Å². The quantitative estimate of drug-likeness (QED) is 0.456. The van der Waals surface area contributed by atoms with Crippen molar-refractivity contribution in [2.24, 2.45) is 11.0 Å². The molecule has 2 aliphatic carbocycles. The maximum Gasteiger partial charge on any atom is 0.430 e. The van der Waals surface area contributed by atoms with Crippen molar-refractivity contribution in [1.82, 2.24) is 5.01 Å². The van der Waals surface area contributed by atoms with E-state index in [0.717, 1.165) is 30.7 Å². The van der Waals surface area contributed by atoms with Crippen LogP contribution in [0.3, 0.4) is 0 Å². The summed E-state index contributed by atoms with van der Waals surface area (Å²) in [6, 6.07) is 0. The van der Waals surface area contributed by atoms with Gasteiger partial charge >= 0.3 is 6.09 Å². The number of amides is 1. The molecule has 2 saturated carbocycles. The van der Waals surface area contributed by atoms with Crippen LogP contribution in [0, 0.1) is 5.92 Å². The molecule has 2 fully saturated rings. The van der Waals surface area contributed by atoms with Gasteiger partial charge in [0.2, 0.25) is 0 Å². The number of ether oxygens (including phenoxy) is 1. The Morgan fingerprint density at radius 1 is 1.16 bits per heavy atom. The molecule has 0 radical (unpaired) electrons. The molecule has 0 aromatic carbocycles. The van der Waals surface area contributed by atoms with Crippen molar-refractivity contribution in [3.63, 3.8) is 0 Å². The largest absolute Gasteiger partial charge is 0.511 e. The molecule has 2 rings (SSSR count). The molecule has 0 bridgehead atoms. The fourth-order valence-electron chi connectivity index (χ4n) is 3.35. The Kier molecular flexibility index (Phi) is 6.25. The van der Waals surface area contributed by atoms with Crippen LogP contribution in [0.1, 0.15) is 72.1 Å². The molecular formula is C19H30N2O4. The Hall–Kier alpha value is -1.85. The first-order valence-electron chi connectivity index (χ1n) is 9.20. The van der Waals surface area contributed by atoms with Crippen molar-refractivity contribution in [1.29, 1.82) is 0 Å². The fraction of sp³-hybridized carbons (Fsp3) is 0.737. The van der Waals surface area contributed by atoms with Gasteiger partial charge in [0.25, 0.3) is 0 Å². The molecule has 6 nitrogen and oxygen atoms in total. The highest BCUT2D eigenvalue weighted by Gasteiger charge is 2.31. The zero-order valence-electron chi connectivity index (χ0n) is 15.8. The highest BCUT2D eigenvalue weighted by Crippen LogP contribution is 2.32. The summed E-state index contributed by atoms with van der Waals surface area (Å²) >= 11 is 0. The highest BCUT2D eigenvalue weighted by atomic mass is 16.6. The third kappa shape index (κ3) is 5.31. The summed E-state index contributed by atoms with van der Waals surface area (Å²) in [5.41, 5.74) is 0.206. The number of hydrazone groups is 1. The van der Waals surface area contributed by atoms with Gasteiger partial charge in [0.1, 0.15) is 11.4 Å².